The maximum Gasteiger partial charge on any atom is 0.251 e. The highest BCUT2D eigenvalue weighted by atomic mass is 32.1. The first kappa shape index (κ1) is 17.5. The lowest BCUT2D eigenvalue weighted by Gasteiger charge is -2.18. The molecule has 1 atom stereocenters. The van der Waals surface area contributed by atoms with Crippen LogP contribution in [-0.2, 0) is 17.6 Å². The molecule has 1 aromatic heterocycles. The van der Waals surface area contributed by atoms with E-state index in [-0.39, 0.29) is 18.9 Å². The zero-order valence-electron chi connectivity index (χ0n) is 14.2. The topological polar surface area (TPSA) is 81.4 Å². The van der Waals surface area contributed by atoms with Crippen LogP contribution in [0.4, 0.5) is 5.00 Å². The van der Waals surface area contributed by atoms with E-state index in [1.165, 1.54) is 16.2 Å². The molecule has 0 spiro atoms. The average molecular weight is 358 g/mol. The number of nitrogens with one attached hydrogen (secondary N) is 1. The van der Waals surface area contributed by atoms with Gasteiger partial charge in [0.15, 0.2) is 0 Å². The highest BCUT2D eigenvalue weighted by molar-refractivity contribution is 7.17. The summed E-state index contributed by atoms with van der Waals surface area (Å²) in [6, 6.07) is 9.36. The summed E-state index contributed by atoms with van der Waals surface area (Å²) in [5, 5.41) is 3.43. The van der Waals surface area contributed by atoms with Crippen molar-refractivity contribution in [2.75, 3.05) is 11.9 Å². The van der Waals surface area contributed by atoms with Gasteiger partial charge in [-0.15, -0.1) is 11.3 Å². The number of carbonyl (C=O) groups excluding carboxylic acids is 2. The molecule has 0 aliphatic heterocycles. The van der Waals surface area contributed by atoms with E-state index >= 15 is 0 Å². The van der Waals surface area contributed by atoms with E-state index in [4.69, 9.17) is 10.5 Å². The molecule has 0 saturated carbocycles. The molecule has 132 valence electrons. The molecule has 5 nitrogen and oxygen atoms in total. The predicted octanol–water partition coefficient (Wildman–Crippen LogP) is 3.38. The Morgan fingerprint density at radius 2 is 2.08 bits per heavy atom. The van der Waals surface area contributed by atoms with Crippen LogP contribution in [0.3, 0.4) is 0 Å². The van der Waals surface area contributed by atoms with Crippen molar-refractivity contribution in [3.63, 3.8) is 0 Å². The molecule has 1 aliphatic carbocycles. The maximum atomic E-state index is 12.2. The number of primary amides is 1. The fourth-order valence-corrected chi connectivity index (χ4v) is 4.50. The number of amides is 2. The van der Waals surface area contributed by atoms with Crippen molar-refractivity contribution >= 4 is 28.2 Å². The molecule has 25 heavy (non-hydrogen) atoms. The van der Waals surface area contributed by atoms with Gasteiger partial charge < -0.3 is 15.8 Å². The Hall–Kier alpha value is -2.34. The average Bonchev–Trinajstić information content (AvgIpc) is 2.92. The van der Waals surface area contributed by atoms with Gasteiger partial charge >= 0.3 is 0 Å². The van der Waals surface area contributed by atoms with Gasteiger partial charge in [-0.1, -0.05) is 25.1 Å². The van der Waals surface area contributed by atoms with Gasteiger partial charge in [0.25, 0.3) is 5.91 Å². The van der Waals surface area contributed by atoms with Crippen molar-refractivity contribution in [2.24, 2.45) is 11.7 Å². The Labute approximate surface area is 151 Å². The summed E-state index contributed by atoms with van der Waals surface area (Å²) in [6.07, 6.45) is 3.04. The van der Waals surface area contributed by atoms with Crippen LogP contribution >= 0.6 is 11.3 Å². The van der Waals surface area contributed by atoms with Gasteiger partial charge in [-0.2, -0.15) is 0 Å². The smallest absolute Gasteiger partial charge is 0.251 e. The number of hydrogen-bond donors (Lipinski definition) is 2. The number of ether oxygens (including phenoxy) is 1. The highest BCUT2D eigenvalue weighted by Crippen LogP contribution is 2.39. The van der Waals surface area contributed by atoms with Gasteiger partial charge in [0.1, 0.15) is 10.8 Å². The Balaban J connectivity index is 1.64. The molecule has 2 amide bonds. The second-order valence-corrected chi connectivity index (χ2v) is 7.49. The molecule has 0 unspecified atom stereocenters. The highest BCUT2D eigenvalue weighted by Gasteiger charge is 2.27. The van der Waals surface area contributed by atoms with Gasteiger partial charge in [-0.25, -0.2) is 0 Å². The number of hydrogen-bond acceptors (Lipinski definition) is 4. The Kier molecular flexibility index (Phi) is 5.38. The third-order valence-corrected chi connectivity index (χ3v) is 5.52. The SMILES string of the molecule is C[C@H]1CCc2c(sc(NC(=O)CCOc3ccccc3)c2C(N)=O)C1. The van der Waals surface area contributed by atoms with Gasteiger partial charge in [0.2, 0.25) is 5.91 Å². The van der Waals surface area contributed by atoms with E-state index < -0.39 is 5.91 Å². The minimum absolute atomic E-state index is 0.176. The minimum atomic E-state index is -0.470. The summed E-state index contributed by atoms with van der Waals surface area (Å²) in [5.41, 5.74) is 7.07. The third-order valence-electron chi connectivity index (χ3n) is 4.35. The van der Waals surface area contributed by atoms with E-state index in [1.807, 2.05) is 30.3 Å². The zero-order valence-corrected chi connectivity index (χ0v) is 15.0. The molecule has 2 aromatic rings. The first-order chi connectivity index (χ1) is 12.0. The Morgan fingerprint density at radius 1 is 1.32 bits per heavy atom. The van der Waals surface area contributed by atoms with Crippen LogP contribution in [0.1, 0.15) is 40.6 Å². The van der Waals surface area contributed by atoms with E-state index in [0.29, 0.717) is 16.5 Å². The predicted molar refractivity (Wildman–Crippen MR) is 99.2 cm³/mol. The molecule has 1 aliphatic rings. The van der Waals surface area contributed by atoms with Crippen LogP contribution in [0, 0.1) is 5.92 Å². The summed E-state index contributed by atoms with van der Waals surface area (Å²) >= 11 is 1.48. The van der Waals surface area contributed by atoms with E-state index in [0.717, 1.165) is 30.6 Å². The summed E-state index contributed by atoms with van der Waals surface area (Å²) in [5.74, 6) is 0.677. The van der Waals surface area contributed by atoms with Crippen molar-refractivity contribution < 1.29 is 14.3 Å². The monoisotopic (exact) mass is 358 g/mol. The molecule has 6 heteroatoms. The number of anilines is 1. The molecule has 3 rings (SSSR count). The molecule has 0 fully saturated rings. The fourth-order valence-electron chi connectivity index (χ4n) is 3.07. The van der Waals surface area contributed by atoms with E-state index in [1.54, 1.807) is 0 Å². The Bertz CT molecular complexity index is 770. The van der Waals surface area contributed by atoms with Gasteiger partial charge in [0, 0.05) is 4.88 Å². The number of nitrogens with two attached hydrogens (primary N) is 1. The van der Waals surface area contributed by atoms with Gasteiger partial charge in [-0.3, -0.25) is 9.59 Å². The lowest BCUT2D eigenvalue weighted by Crippen LogP contribution is -2.20. The quantitative estimate of drug-likeness (QED) is 0.830. The largest absolute Gasteiger partial charge is 0.493 e. The fraction of sp³-hybridized carbons (Fsp3) is 0.368. The van der Waals surface area contributed by atoms with E-state index in [9.17, 15) is 9.59 Å². The molecule has 0 saturated heterocycles. The molecular weight excluding hydrogens is 336 g/mol. The maximum absolute atomic E-state index is 12.2. The molecule has 3 N–H and O–H groups in total. The van der Waals surface area contributed by atoms with Crippen molar-refractivity contribution in [1.29, 1.82) is 0 Å². The summed E-state index contributed by atoms with van der Waals surface area (Å²) in [4.78, 5) is 25.3. The van der Waals surface area contributed by atoms with Crippen LogP contribution in [0.15, 0.2) is 30.3 Å². The lowest BCUT2D eigenvalue weighted by atomic mass is 9.88. The first-order valence-corrected chi connectivity index (χ1v) is 9.28. The number of rotatable bonds is 6. The molecule has 0 bridgehead atoms. The van der Waals surface area contributed by atoms with Crippen LogP contribution in [0.2, 0.25) is 0 Å². The van der Waals surface area contributed by atoms with Crippen molar-refractivity contribution in [2.45, 2.75) is 32.6 Å². The third kappa shape index (κ3) is 4.20. The molecular formula is C19H22N2O3S. The van der Waals surface area contributed by atoms with Crippen LogP contribution < -0.4 is 15.8 Å². The number of para-hydroxylation sites is 1. The Morgan fingerprint density at radius 3 is 2.80 bits per heavy atom. The van der Waals surface area contributed by atoms with Crippen molar-refractivity contribution in [3.8, 4) is 5.75 Å². The summed E-state index contributed by atoms with van der Waals surface area (Å²) in [6.45, 7) is 2.48. The van der Waals surface area contributed by atoms with Crippen LogP contribution in [-0.4, -0.2) is 18.4 Å². The van der Waals surface area contributed by atoms with Crippen LogP contribution in [0.5, 0.6) is 5.75 Å². The lowest BCUT2D eigenvalue weighted by molar-refractivity contribution is -0.116. The molecule has 1 aromatic carbocycles. The second-order valence-electron chi connectivity index (χ2n) is 6.38. The second kappa shape index (κ2) is 7.70. The van der Waals surface area contributed by atoms with Gasteiger partial charge in [-0.05, 0) is 42.9 Å². The number of thiophene rings is 1. The van der Waals surface area contributed by atoms with E-state index in [2.05, 4.69) is 12.2 Å². The van der Waals surface area contributed by atoms with Crippen LogP contribution in [0.25, 0.3) is 0 Å². The summed E-state index contributed by atoms with van der Waals surface area (Å²) in [7, 11) is 0. The van der Waals surface area contributed by atoms with Crippen molar-refractivity contribution in [1.82, 2.24) is 0 Å². The number of fused-ring (bicyclic) bond motifs is 1. The minimum Gasteiger partial charge on any atom is -0.493 e. The number of benzene rings is 1. The standard InChI is InChI=1S/C19H22N2O3S/c1-12-7-8-14-15(11-12)25-19(17(14)18(20)23)21-16(22)9-10-24-13-5-3-2-4-6-13/h2-6,12H,7-11H2,1H3,(H2,20,23)(H,21,22)/t12-/m0/s1. The molecule has 1 heterocycles. The van der Waals surface area contributed by atoms with Crippen molar-refractivity contribution in [3.05, 3.63) is 46.3 Å². The summed E-state index contributed by atoms with van der Waals surface area (Å²) < 4.78 is 5.54. The first-order valence-electron chi connectivity index (χ1n) is 8.46. The number of carbonyl (C=O) groups is 2. The normalized spacial score (nSPS) is 16.1. The van der Waals surface area contributed by atoms with Gasteiger partial charge in [0.05, 0.1) is 18.6 Å². The molecule has 0 radical (unpaired) electrons. The zero-order chi connectivity index (χ0) is 17.8.